The van der Waals surface area contributed by atoms with Crippen LogP contribution in [0.5, 0.6) is 0 Å². The molecule has 1 N–H and O–H groups in total. The summed E-state index contributed by atoms with van der Waals surface area (Å²) in [7, 11) is 0. The molecule has 1 aliphatic carbocycles. The smallest absolute Gasteiger partial charge is 0.106 e. The number of nitrogens with one attached hydrogen (secondary N) is 1. The van der Waals surface area contributed by atoms with Gasteiger partial charge in [0.2, 0.25) is 0 Å². The molecule has 0 amide bonds. The molecule has 1 saturated carbocycles. The van der Waals surface area contributed by atoms with Crippen molar-refractivity contribution in [1.29, 1.82) is 0 Å². The molecule has 1 aromatic rings. The number of rotatable bonds is 2. The fraction of sp³-hybridized carbons (Fsp3) is 0.583. The summed E-state index contributed by atoms with van der Waals surface area (Å²) in [5.41, 5.74) is 2.26. The van der Waals surface area contributed by atoms with Crippen LogP contribution in [0.2, 0.25) is 0 Å². The van der Waals surface area contributed by atoms with Crippen molar-refractivity contribution in [2.45, 2.75) is 45.1 Å². The van der Waals surface area contributed by atoms with Gasteiger partial charge in [-0.2, -0.15) is 0 Å². The average molecular weight is 269 g/mol. The number of aromatic nitrogens is 1. The van der Waals surface area contributed by atoms with Gasteiger partial charge in [-0.1, -0.05) is 19.3 Å². The van der Waals surface area contributed by atoms with Crippen LogP contribution in [0, 0.1) is 6.92 Å². The summed E-state index contributed by atoms with van der Waals surface area (Å²) in [5, 5.41) is 3.59. The third kappa shape index (κ3) is 2.94. The highest BCUT2D eigenvalue weighted by Gasteiger charge is 2.13. The topological polar surface area (TPSA) is 24.9 Å². The van der Waals surface area contributed by atoms with Crippen molar-refractivity contribution >= 4 is 21.6 Å². The van der Waals surface area contributed by atoms with Gasteiger partial charge in [-0.05, 0) is 47.8 Å². The molecule has 82 valence electrons. The molecule has 0 radical (unpaired) electrons. The van der Waals surface area contributed by atoms with E-state index in [2.05, 4.69) is 39.2 Å². The number of nitrogens with zero attached hydrogens (tertiary/aromatic N) is 1. The quantitative estimate of drug-likeness (QED) is 0.824. The Balaban J connectivity index is 2.03. The van der Waals surface area contributed by atoms with E-state index in [1.54, 1.807) is 0 Å². The van der Waals surface area contributed by atoms with Crippen molar-refractivity contribution in [3.05, 3.63) is 22.4 Å². The van der Waals surface area contributed by atoms with E-state index >= 15 is 0 Å². The van der Waals surface area contributed by atoms with E-state index in [1.165, 1.54) is 37.8 Å². The minimum Gasteiger partial charge on any atom is -0.381 e. The monoisotopic (exact) mass is 268 g/mol. The number of halogens is 1. The summed E-state index contributed by atoms with van der Waals surface area (Å²) in [6.45, 7) is 2.05. The van der Waals surface area contributed by atoms with E-state index in [-0.39, 0.29) is 0 Å². The molecule has 1 aliphatic rings. The van der Waals surface area contributed by atoms with E-state index in [9.17, 15) is 0 Å². The van der Waals surface area contributed by atoms with Gasteiger partial charge in [0.05, 0.1) is 11.4 Å². The van der Waals surface area contributed by atoms with Crippen LogP contribution in [0.1, 0.15) is 37.8 Å². The normalized spacial score (nSPS) is 17.7. The number of hydrogen-bond acceptors (Lipinski definition) is 2. The highest BCUT2D eigenvalue weighted by Crippen LogP contribution is 2.23. The lowest BCUT2D eigenvalue weighted by molar-refractivity contribution is 0.462. The first-order chi connectivity index (χ1) is 7.25. The number of hydrogen-bond donors (Lipinski definition) is 1. The number of pyridine rings is 1. The summed E-state index contributed by atoms with van der Waals surface area (Å²) in [5.74, 6) is 0. The van der Waals surface area contributed by atoms with Crippen LogP contribution in [-0.4, -0.2) is 11.0 Å². The number of anilines is 1. The van der Waals surface area contributed by atoms with Gasteiger partial charge in [0.15, 0.2) is 0 Å². The summed E-state index contributed by atoms with van der Waals surface area (Å²) >= 11 is 3.38. The Kier molecular flexibility index (Phi) is 3.62. The molecule has 0 saturated heterocycles. The highest BCUT2D eigenvalue weighted by molar-refractivity contribution is 9.10. The second kappa shape index (κ2) is 4.97. The molecular formula is C12H17BrN2. The zero-order valence-electron chi connectivity index (χ0n) is 9.09. The molecule has 0 spiro atoms. The van der Waals surface area contributed by atoms with Crippen molar-refractivity contribution in [3.8, 4) is 0 Å². The van der Waals surface area contributed by atoms with Crippen LogP contribution >= 0.6 is 15.9 Å². The highest BCUT2D eigenvalue weighted by atomic mass is 79.9. The molecule has 0 unspecified atom stereocenters. The van der Waals surface area contributed by atoms with Gasteiger partial charge in [0.25, 0.3) is 0 Å². The summed E-state index contributed by atoms with van der Waals surface area (Å²) < 4.78 is 0.911. The molecule has 0 aromatic carbocycles. The van der Waals surface area contributed by atoms with Gasteiger partial charge in [-0.15, -0.1) is 0 Å². The van der Waals surface area contributed by atoms with E-state index in [0.29, 0.717) is 6.04 Å². The summed E-state index contributed by atoms with van der Waals surface area (Å²) in [6.07, 6.45) is 6.72. The zero-order valence-corrected chi connectivity index (χ0v) is 10.7. The molecule has 0 aliphatic heterocycles. The molecule has 1 aromatic heterocycles. The third-order valence-corrected chi connectivity index (χ3v) is 3.46. The Hall–Kier alpha value is -0.570. The number of aryl methyl sites for hydroxylation is 1. The standard InChI is InChI=1S/C12H17BrN2/c1-9-11(7-8-12(13)14-9)15-10-5-3-2-4-6-10/h7-8,10,15H,2-6H2,1H3. The summed E-state index contributed by atoms with van der Waals surface area (Å²) in [6, 6.07) is 4.76. The Labute approximate surface area is 99.6 Å². The van der Waals surface area contributed by atoms with Crippen molar-refractivity contribution in [2.24, 2.45) is 0 Å². The molecular weight excluding hydrogens is 252 g/mol. The van der Waals surface area contributed by atoms with E-state index in [1.807, 2.05) is 6.07 Å². The maximum atomic E-state index is 4.39. The van der Waals surface area contributed by atoms with Crippen molar-refractivity contribution < 1.29 is 0 Å². The lowest BCUT2D eigenvalue weighted by Crippen LogP contribution is -2.22. The zero-order chi connectivity index (χ0) is 10.7. The third-order valence-electron chi connectivity index (χ3n) is 3.02. The predicted molar refractivity (Wildman–Crippen MR) is 67.2 cm³/mol. The van der Waals surface area contributed by atoms with Crippen LogP contribution < -0.4 is 5.32 Å². The first-order valence-corrected chi connectivity index (χ1v) is 6.45. The van der Waals surface area contributed by atoms with Crippen LogP contribution in [0.3, 0.4) is 0 Å². The predicted octanol–water partition coefficient (Wildman–Crippen LogP) is 3.90. The van der Waals surface area contributed by atoms with Crippen molar-refractivity contribution in [3.63, 3.8) is 0 Å². The second-order valence-electron chi connectivity index (χ2n) is 4.25. The molecule has 2 rings (SSSR count). The molecule has 1 heterocycles. The van der Waals surface area contributed by atoms with Crippen LogP contribution in [0.4, 0.5) is 5.69 Å². The maximum absolute atomic E-state index is 4.39. The van der Waals surface area contributed by atoms with Gasteiger partial charge in [-0.3, -0.25) is 0 Å². The Morgan fingerprint density at radius 1 is 1.27 bits per heavy atom. The maximum Gasteiger partial charge on any atom is 0.106 e. The lowest BCUT2D eigenvalue weighted by Gasteiger charge is -2.24. The van der Waals surface area contributed by atoms with Crippen LogP contribution in [-0.2, 0) is 0 Å². The van der Waals surface area contributed by atoms with E-state index in [0.717, 1.165) is 10.3 Å². The Morgan fingerprint density at radius 2 is 2.00 bits per heavy atom. The van der Waals surface area contributed by atoms with Gasteiger partial charge in [0, 0.05) is 6.04 Å². The van der Waals surface area contributed by atoms with Crippen molar-refractivity contribution in [2.75, 3.05) is 5.32 Å². The molecule has 1 fully saturated rings. The Morgan fingerprint density at radius 3 is 2.67 bits per heavy atom. The minimum absolute atomic E-state index is 0.653. The Bertz CT molecular complexity index is 332. The van der Waals surface area contributed by atoms with Crippen molar-refractivity contribution in [1.82, 2.24) is 4.98 Å². The first-order valence-electron chi connectivity index (χ1n) is 5.65. The first kappa shape index (κ1) is 10.9. The largest absolute Gasteiger partial charge is 0.381 e. The lowest BCUT2D eigenvalue weighted by atomic mass is 9.95. The fourth-order valence-electron chi connectivity index (χ4n) is 2.15. The molecule has 0 atom stereocenters. The fourth-order valence-corrected chi connectivity index (χ4v) is 2.55. The van der Waals surface area contributed by atoms with Gasteiger partial charge >= 0.3 is 0 Å². The van der Waals surface area contributed by atoms with Gasteiger partial charge in [-0.25, -0.2) is 4.98 Å². The molecule has 2 nitrogen and oxygen atoms in total. The van der Waals surface area contributed by atoms with E-state index in [4.69, 9.17) is 0 Å². The average Bonchev–Trinajstić information content (AvgIpc) is 2.24. The molecule has 15 heavy (non-hydrogen) atoms. The van der Waals surface area contributed by atoms with Gasteiger partial charge < -0.3 is 5.32 Å². The minimum atomic E-state index is 0.653. The summed E-state index contributed by atoms with van der Waals surface area (Å²) in [4.78, 5) is 4.39. The molecule has 3 heteroatoms. The van der Waals surface area contributed by atoms with Gasteiger partial charge in [0.1, 0.15) is 4.60 Å². The molecule has 0 bridgehead atoms. The van der Waals surface area contributed by atoms with Crippen LogP contribution in [0.25, 0.3) is 0 Å². The van der Waals surface area contributed by atoms with Crippen LogP contribution in [0.15, 0.2) is 16.7 Å². The SMILES string of the molecule is Cc1nc(Br)ccc1NC1CCCCC1. The van der Waals surface area contributed by atoms with E-state index < -0.39 is 0 Å². The second-order valence-corrected chi connectivity index (χ2v) is 5.06.